The molecule has 0 saturated heterocycles. The maximum atomic E-state index is 5.87. The molecule has 0 radical (unpaired) electrons. The SMILES string of the molecule is CCC(C)c1ccc2c(c1)c1cc(-c3ccc(OCC(C)C)cc3)ccc1n2CC(C)C. The second-order valence-corrected chi connectivity index (χ2v) is 10.1. The van der Waals surface area contributed by atoms with Gasteiger partial charge < -0.3 is 9.30 Å². The van der Waals surface area contributed by atoms with Crippen molar-refractivity contribution in [1.82, 2.24) is 4.57 Å². The summed E-state index contributed by atoms with van der Waals surface area (Å²) in [5, 5.41) is 2.72. The van der Waals surface area contributed by atoms with Crippen LogP contribution in [0.1, 0.15) is 59.4 Å². The second-order valence-electron chi connectivity index (χ2n) is 10.1. The molecule has 0 aliphatic carbocycles. The first-order chi connectivity index (χ1) is 15.4. The molecule has 2 nitrogen and oxygen atoms in total. The van der Waals surface area contributed by atoms with Crippen LogP contribution in [0.4, 0.5) is 0 Å². The third-order valence-electron chi connectivity index (χ3n) is 6.39. The summed E-state index contributed by atoms with van der Waals surface area (Å²) in [4.78, 5) is 0. The number of nitrogens with zero attached hydrogens (tertiary/aromatic N) is 1. The summed E-state index contributed by atoms with van der Waals surface area (Å²) < 4.78 is 8.37. The Balaban J connectivity index is 1.80. The molecular weight excluding hydrogens is 390 g/mol. The molecule has 32 heavy (non-hydrogen) atoms. The molecule has 0 N–H and O–H groups in total. The highest BCUT2D eigenvalue weighted by Gasteiger charge is 2.15. The molecule has 0 aliphatic heterocycles. The van der Waals surface area contributed by atoms with Crippen LogP contribution in [0.15, 0.2) is 60.7 Å². The predicted molar refractivity (Wildman–Crippen MR) is 139 cm³/mol. The molecule has 0 bridgehead atoms. The van der Waals surface area contributed by atoms with Crippen molar-refractivity contribution in [3.63, 3.8) is 0 Å². The zero-order chi connectivity index (χ0) is 22.8. The lowest BCUT2D eigenvalue weighted by Crippen LogP contribution is -2.04. The first-order valence-electron chi connectivity index (χ1n) is 12.2. The topological polar surface area (TPSA) is 14.2 Å². The average molecular weight is 428 g/mol. The summed E-state index contributed by atoms with van der Waals surface area (Å²) in [5.41, 5.74) is 6.59. The molecular formula is C30H37NO. The highest BCUT2D eigenvalue weighted by Crippen LogP contribution is 2.35. The predicted octanol–water partition coefficient (Wildman–Crippen LogP) is 8.67. The quantitative estimate of drug-likeness (QED) is 0.274. The normalized spacial score (nSPS) is 12.9. The van der Waals surface area contributed by atoms with E-state index in [0.29, 0.717) is 17.8 Å². The van der Waals surface area contributed by atoms with Gasteiger partial charge in [0, 0.05) is 28.4 Å². The lowest BCUT2D eigenvalue weighted by atomic mass is 9.96. The van der Waals surface area contributed by atoms with Gasteiger partial charge in [-0.25, -0.2) is 0 Å². The average Bonchev–Trinajstić information content (AvgIpc) is 3.09. The van der Waals surface area contributed by atoms with Crippen LogP contribution in [0.25, 0.3) is 32.9 Å². The van der Waals surface area contributed by atoms with E-state index in [1.807, 2.05) is 0 Å². The van der Waals surface area contributed by atoms with Crippen LogP contribution < -0.4 is 4.74 Å². The molecule has 0 fully saturated rings. The molecule has 4 aromatic rings. The first kappa shape index (κ1) is 22.5. The molecule has 2 heteroatoms. The van der Waals surface area contributed by atoms with Crippen molar-refractivity contribution in [3.8, 4) is 16.9 Å². The fourth-order valence-electron chi connectivity index (χ4n) is 4.41. The number of hydrogen-bond acceptors (Lipinski definition) is 1. The van der Waals surface area contributed by atoms with Crippen molar-refractivity contribution in [2.75, 3.05) is 6.61 Å². The number of hydrogen-bond donors (Lipinski definition) is 0. The third-order valence-corrected chi connectivity index (χ3v) is 6.39. The molecule has 0 aliphatic rings. The van der Waals surface area contributed by atoms with Crippen molar-refractivity contribution < 1.29 is 4.74 Å². The lowest BCUT2D eigenvalue weighted by Gasteiger charge is -2.12. The fourth-order valence-corrected chi connectivity index (χ4v) is 4.41. The number of benzene rings is 3. The summed E-state index contributed by atoms with van der Waals surface area (Å²) in [6.45, 7) is 15.3. The third kappa shape index (κ3) is 4.55. The fraction of sp³-hybridized carbons (Fsp3) is 0.400. The minimum atomic E-state index is 0.528. The van der Waals surface area contributed by atoms with Gasteiger partial charge in [0.1, 0.15) is 5.75 Å². The Morgan fingerprint density at radius 3 is 1.97 bits per heavy atom. The Morgan fingerprint density at radius 1 is 0.719 bits per heavy atom. The van der Waals surface area contributed by atoms with Crippen molar-refractivity contribution in [2.45, 2.75) is 60.4 Å². The van der Waals surface area contributed by atoms with Gasteiger partial charge in [0.25, 0.3) is 0 Å². The van der Waals surface area contributed by atoms with Gasteiger partial charge in [-0.15, -0.1) is 0 Å². The van der Waals surface area contributed by atoms with Crippen LogP contribution in [-0.2, 0) is 6.54 Å². The lowest BCUT2D eigenvalue weighted by molar-refractivity contribution is 0.271. The molecule has 1 unspecified atom stereocenters. The van der Waals surface area contributed by atoms with Gasteiger partial charge in [-0.3, -0.25) is 0 Å². The zero-order valence-corrected chi connectivity index (χ0v) is 20.5. The van der Waals surface area contributed by atoms with Crippen LogP contribution in [0.3, 0.4) is 0 Å². The van der Waals surface area contributed by atoms with Gasteiger partial charge in [-0.1, -0.05) is 65.8 Å². The summed E-state index contributed by atoms with van der Waals surface area (Å²) in [6.07, 6.45) is 1.16. The number of fused-ring (bicyclic) bond motifs is 3. The van der Waals surface area contributed by atoms with Gasteiger partial charge in [-0.05, 0) is 77.3 Å². The van der Waals surface area contributed by atoms with Gasteiger partial charge in [0.15, 0.2) is 0 Å². The van der Waals surface area contributed by atoms with Gasteiger partial charge in [-0.2, -0.15) is 0 Å². The summed E-state index contributed by atoms with van der Waals surface area (Å²) in [5.74, 6) is 2.64. The van der Waals surface area contributed by atoms with E-state index in [-0.39, 0.29) is 0 Å². The van der Waals surface area contributed by atoms with Crippen molar-refractivity contribution in [2.24, 2.45) is 11.8 Å². The zero-order valence-electron chi connectivity index (χ0n) is 20.5. The molecule has 0 saturated carbocycles. The minimum Gasteiger partial charge on any atom is -0.493 e. The Bertz CT molecular complexity index is 1200. The van der Waals surface area contributed by atoms with Crippen LogP contribution in [0.2, 0.25) is 0 Å². The van der Waals surface area contributed by atoms with E-state index in [4.69, 9.17) is 4.74 Å². The number of aromatic nitrogens is 1. The maximum Gasteiger partial charge on any atom is 0.119 e. The summed E-state index contributed by atoms with van der Waals surface area (Å²) in [7, 11) is 0. The van der Waals surface area contributed by atoms with Crippen LogP contribution in [-0.4, -0.2) is 11.2 Å². The molecule has 1 atom stereocenters. The van der Waals surface area contributed by atoms with E-state index in [2.05, 4.69) is 107 Å². The largest absolute Gasteiger partial charge is 0.493 e. The molecule has 0 spiro atoms. The van der Waals surface area contributed by atoms with Gasteiger partial charge in [0.2, 0.25) is 0 Å². The van der Waals surface area contributed by atoms with Crippen LogP contribution in [0, 0.1) is 11.8 Å². The molecule has 4 rings (SSSR count). The second kappa shape index (κ2) is 9.40. The molecule has 1 heterocycles. The monoisotopic (exact) mass is 427 g/mol. The van der Waals surface area contributed by atoms with E-state index in [1.165, 1.54) is 38.5 Å². The van der Waals surface area contributed by atoms with Crippen LogP contribution >= 0.6 is 0 Å². The molecule has 1 aromatic heterocycles. The summed E-state index contributed by atoms with van der Waals surface area (Å²) >= 11 is 0. The Kier molecular flexibility index (Phi) is 6.60. The van der Waals surface area contributed by atoms with Gasteiger partial charge >= 0.3 is 0 Å². The standard InChI is InChI=1S/C30H37NO/c1-7-22(6)24-10-14-29-27(16-24)28-17-25(11-15-30(28)31(29)18-20(2)3)23-8-12-26(13-9-23)32-19-21(4)5/h8-17,20-22H,7,18-19H2,1-6H3. The molecule has 0 amide bonds. The number of rotatable bonds is 8. The smallest absolute Gasteiger partial charge is 0.119 e. The molecule has 168 valence electrons. The van der Waals surface area contributed by atoms with Crippen molar-refractivity contribution in [1.29, 1.82) is 0 Å². The van der Waals surface area contributed by atoms with Crippen molar-refractivity contribution >= 4 is 21.8 Å². The molecule has 3 aromatic carbocycles. The van der Waals surface area contributed by atoms with Gasteiger partial charge in [0.05, 0.1) is 6.61 Å². The highest BCUT2D eigenvalue weighted by atomic mass is 16.5. The van der Waals surface area contributed by atoms with E-state index in [0.717, 1.165) is 25.3 Å². The minimum absolute atomic E-state index is 0.528. The van der Waals surface area contributed by atoms with E-state index in [9.17, 15) is 0 Å². The van der Waals surface area contributed by atoms with E-state index in [1.54, 1.807) is 0 Å². The Hall–Kier alpha value is -2.74. The maximum absolute atomic E-state index is 5.87. The Morgan fingerprint density at radius 2 is 1.34 bits per heavy atom. The number of ether oxygens (including phenoxy) is 1. The van der Waals surface area contributed by atoms with Crippen molar-refractivity contribution in [3.05, 3.63) is 66.2 Å². The van der Waals surface area contributed by atoms with E-state index < -0.39 is 0 Å². The first-order valence-corrected chi connectivity index (χ1v) is 12.2. The van der Waals surface area contributed by atoms with Crippen LogP contribution in [0.5, 0.6) is 5.75 Å². The summed E-state index contributed by atoms with van der Waals surface area (Å²) in [6, 6.07) is 22.5. The van der Waals surface area contributed by atoms with E-state index >= 15 is 0 Å². The Labute approximate surface area is 193 Å². The highest BCUT2D eigenvalue weighted by molar-refractivity contribution is 6.09.